The average molecular weight is 471 g/mol. The second-order valence-corrected chi connectivity index (χ2v) is 9.15. The molecule has 0 aliphatic heterocycles. The van der Waals surface area contributed by atoms with Crippen molar-refractivity contribution in [3.8, 4) is 0 Å². The first-order valence-electron chi connectivity index (χ1n) is 11.8. The van der Waals surface area contributed by atoms with Crippen LogP contribution in [0.5, 0.6) is 0 Å². The molecule has 0 spiro atoms. The monoisotopic (exact) mass is 470 g/mol. The lowest BCUT2D eigenvalue weighted by molar-refractivity contribution is -0.0641. The van der Waals surface area contributed by atoms with E-state index in [2.05, 4.69) is 0 Å². The van der Waals surface area contributed by atoms with Crippen LogP contribution in [0.2, 0.25) is 0 Å². The Morgan fingerprint density at radius 1 is 0.344 bits per heavy atom. The summed E-state index contributed by atoms with van der Waals surface area (Å²) in [7, 11) is 0. The predicted molar refractivity (Wildman–Crippen MR) is 117 cm³/mol. The lowest BCUT2D eigenvalue weighted by Gasteiger charge is -2.31. The van der Waals surface area contributed by atoms with E-state index in [1.54, 1.807) is 0 Å². The van der Waals surface area contributed by atoms with E-state index in [-0.39, 0.29) is 25.7 Å². The van der Waals surface area contributed by atoms with Gasteiger partial charge in [0.2, 0.25) is 0 Å². The van der Waals surface area contributed by atoms with Crippen LogP contribution < -0.4 is 0 Å². The van der Waals surface area contributed by atoms with Crippen molar-refractivity contribution >= 4 is 0 Å². The zero-order valence-electron chi connectivity index (χ0n) is 19.1. The number of hydrogen-bond acceptors (Lipinski definition) is 10. The van der Waals surface area contributed by atoms with E-state index in [0.29, 0.717) is 77.0 Å². The Morgan fingerprint density at radius 3 is 0.719 bits per heavy atom. The van der Waals surface area contributed by atoms with Gasteiger partial charge in [-0.25, -0.2) is 0 Å². The highest BCUT2D eigenvalue weighted by Gasteiger charge is 2.29. The molecule has 32 heavy (non-hydrogen) atoms. The topological polar surface area (TPSA) is 202 Å². The Bertz CT molecular complexity index is 374. The molecular formula is C22H46O10. The van der Waals surface area contributed by atoms with Gasteiger partial charge >= 0.3 is 0 Å². The molecule has 0 fully saturated rings. The van der Waals surface area contributed by atoms with Gasteiger partial charge in [-0.3, -0.25) is 0 Å². The molecule has 10 heteroatoms. The standard InChI is InChI=1S/C22H46O10/c23-17(24)7-3-13-21(31,14-4-8-18(25)26)11-1-2-12-22(32,15-5-9-19(27)28)16-6-10-20(29)30/h17-20,23-32H,1-16H2. The number of unbranched alkanes of at least 4 members (excludes halogenated alkanes) is 1. The Balaban J connectivity index is 4.71. The van der Waals surface area contributed by atoms with Crippen LogP contribution in [-0.2, 0) is 0 Å². The minimum absolute atomic E-state index is 0.137. The first-order chi connectivity index (χ1) is 14.9. The molecular weight excluding hydrogens is 424 g/mol. The first-order valence-corrected chi connectivity index (χ1v) is 11.8. The molecule has 0 atom stereocenters. The van der Waals surface area contributed by atoms with Crippen LogP contribution in [0.4, 0.5) is 0 Å². The summed E-state index contributed by atoms with van der Waals surface area (Å²) in [6, 6.07) is 0. The SMILES string of the molecule is OC(O)CCCC(O)(CCCCC(O)(CCCC(O)O)CCCC(O)O)CCCC(O)O. The van der Waals surface area contributed by atoms with Crippen molar-refractivity contribution in [3.63, 3.8) is 0 Å². The van der Waals surface area contributed by atoms with E-state index in [1.807, 2.05) is 0 Å². The van der Waals surface area contributed by atoms with Gasteiger partial charge in [0.1, 0.15) is 0 Å². The van der Waals surface area contributed by atoms with Gasteiger partial charge in [-0.2, -0.15) is 0 Å². The summed E-state index contributed by atoms with van der Waals surface area (Å²) in [5.41, 5.74) is -2.16. The fourth-order valence-electron chi connectivity index (χ4n) is 4.11. The van der Waals surface area contributed by atoms with E-state index in [9.17, 15) is 10.2 Å². The van der Waals surface area contributed by atoms with E-state index in [4.69, 9.17) is 40.9 Å². The summed E-state index contributed by atoms with van der Waals surface area (Å²) in [6.45, 7) is 0. The smallest absolute Gasteiger partial charge is 0.151 e. The molecule has 10 nitrogen and oxygen atoms in total. The fraction of sp³-hybridized carbons (Fsp3) is 1.00. The number of hydrogen-bond donors (Lipinski definition) is 10. The molecule has 0 radical (unpaired) electrons. The molecule has 0 aliphatic carbocycles. The third kappa shape index (κ3) is 18.1. The van der Waals surface area contributed by atoms with Gasteiger partial charge < -0.3 is 51.1 Å². The van der Waals surface area contributed by atoms with Crippen LogP contribution in [0.25, 0.3) is 0 Å². The molecule has 10 N–H and O–H groups in total. The number of rotatable bonds is 21. The van der Waals surface area contributed by atoms with Crippen LogP contribution in [0.1, 0.15) is 103 Å². The van der Waals surface area contributed by atoms with Crippen LogP contribution in [0, 0.1) is 0 Å². The molecule has 194 valence electrons. The largest absolute Gasteiger partial charge is 0.390 e. The third-order valence-electron chi connectivity index (χ3n) is 5.95. The Morgan fingerprint density at radius 2 is 0.531 bits per heavy atom. The normalized spacial score (nSPS) is 13.3. The van der Waals surface area contributed by atoms with Gasteiger partial charge in [-0.05, 0) is 89.9 Å². The van der Waals surface area contributed by atoms with Gasteiger partial charge in [0.25, 0.3) is 0 Å². The molecule has 0 heterocycles. The second kappa shape index (κ2) is 17.1. The molecule has 0 aromatic heterocycles. The van der Waals surface area contributed by atoms with Gasteiger partial charge in [0, 0.05) is 0 Å². The van der Waals surface area contributed by atoms with E-state index in [0.717, 1.165) is 0 Å². The average Bonchev–Trinajstić information content (AvgIpc) is 2.64. The summed E-state index contributed by atoms with van der Waals surface area (Å²) in [5.74, 6) is 0. The zero-order valence-corrected chi connectivity index (χ0v) is 19.1. The summed E-state index contributed by atoms with van der Waals surface area (Å²) in [5, 5.41) is 94.2. The summed E-state index contributed by atoms with van der Waals surface area (Å²) >= 11 is 0. The van der Waals surface area contributed by atoms with Crippen LogP contribution in [-0.4, -0.2) is 87.4 Å². The minimum Gasteiger partial charge on any atom is -0.390 e. The molecule has 0 bridgehead atoms. The fourth-order valence-corrected chi connectivity index (χ4v) is 4.11. The second-order valence-electron chi connectivity index (χ2n) is 9.15. The van der Waals surface area contributed by atoms with Gasteiger partial charge in [-0.15, -0.1) is 0 Å². The summed E-state index contributed by atoms with van der Waals surface area (Å²) in [6.07, 6.45) is -0.185. The first kappa shape index (κ1) is 31.6. The Kier molecular flexibility index (Phi) is 16.9. The molecule has 0 rings (SSSR count). The molecule has 0 unspecified atom stereocenters. The Hall–Kier alpha value is -0.400. The highest BCUT2D eigenvalue weighted by Crippen LogP contribution is 2.31. The summed E-state index contributed by atoms with van der Waals surface area (Å²) < 4.78 is 0. The van der Waals surface area contributed by atoms with Crippen molar-refractivity contribution in [2.75, 3.05) is 0 Å². The van der Waals surface area contributed by atoms with Crippen molar-refractivity contribution in [1.82, 2.24) is 0 Å². The third-order valence-corrected chi connectivity index (χ3v) is 5.95. The maximum atomic E-state index is 11.0. The van der Waals surface area contributed by atoms with Crippen molar-refractivity contribution in [3.05, 3.63) is 0 Å². The van der Waals surface area contributed by atoms with Crippen LogP contribution in [0.3, 0.4) is 0 Å². The maximum absolute atomic E-state index is 11.0. The van der Waals surface area contributed by atoms with Crippen LogP contribution in [0.15, 0.2) is 0 Å². The quantitative estimate of drug-likeness (QED) is 0.0799. The van der Waals surface area contributed by atoms with E-state index in [1.165, 1.54) is 0 Å². The lowest BCUT2D eigenvalue weighted by Crippen LogP contribution is -2.31. The van der Waals surface area contributed by atoms with Crippen LogP contribution >= 0.6 is 0 Å². The number of aliphatic hydroxyl groups is 10. The van der Waals surface area contributed by atoms with Crippen molar-refractivity contribution < 1.29 is 51.1 Å². The van der Waals surface area contributed by atoms with Gasteiger partial charge in [-0.1, -0.05) is 12.8 Å². The van der Waals surface area contributed by atoms with E-state index < -0.39 is 36.4 Å². The molecule has 0 aromatic carbocycles. The van der Waals surface area contributed by atoms with Gasteiger partial charge in [0.15, 0.2) is 25.2 Å². The minimum atomic E-state index is -1.44. The molecule has 0 saturated carbocycles. The Labute approximate surface area is 190 Å². The molecule has 0 aromatic rings. The maximum Gasteiger partial charge on any atom is 0.151 e. The lowest BCUT2D eigenvalue weighted by atomic mass is 9.82. The molecule has 0 aliphatic rings. The highest BCUT2D eigenvalue weighted by molar-refractivity contribution is 4.82. The van der Waals surface area contributed by atoms with E-state index >= 15 is 0 Å². The highest BCUT2D eigenvalue weighted by atomic mass is 16.5. The van der Waals surface area contributed by atoms with Crippen molar-refractivity contribution in [2.24, 2.45) is 0 Å². The van der Waals surface area contributed by atoms with Gasteiger partial charge in [0.05, 0.1) is 11.2 Å². The molecule has 0 amide bonds. The zero-order chi connectivity index (χ0) is 24.6. The van der Waals surface area contributed by atoms with Crippen molar-refractivity contribution in [1.29, 1.82) is 0 Å². The van der Waals surface area contributed by atoms with Crippen molar-refractivity contribution in [2.45, 2.75) is 139 Å². The predicted octanol–water partition coefficient (Wildman–Crippen LogP) is -0.0670. The summed E-state index contributed by atoms with van der Waals surface area (Å²) in [4.78, 5) is 0. The number of aliphatic hydroxyl groups excluding tert-OH is 4. The molecule has 0 saturated heterocycles.